The van der Waals surface area contributed by atoms with Crippen LogP contribution in [0.15, 0.2) is 24.3 Å². The standard InChI is InChI=1S/C15H18ClN3OS/c1-4-12(16)15(20)19(9-14-18-17-11(3)21-14)13-8-6-5-7-10(13)2/h5-8,12H,4,9H2,1-3H3. The normalized spacial score (nSPS) is 12.2. The summed E-state index contributed by atoms with van der Waals surface area (Å²) in [6.07, 6.45) is 0.595. The molecule has 0 aliphatic heterocycles. The van der Waals surface area contributed by atoms with Crippen LogP contribution in [0.4, 0.5) is 5.69 Å². The maximum atomic E-state index is 12.6. The molecule has 0 aliphatic rings. The largest absolute Gasteiger partial charge is 0.304 e. The lowest BCUT2D eigenvalue weighted by molar-refractivity contribution is -0.118. The smallest absolute Gasteiger partial charge is 0.245 e. The van der Waals surface area contributed by atoms with Crippen molar-refractivity contribution in [1.82, 2.24) is 10.2 Å². The molecule has 1 amide bonds. The number of carbonyl (C=O) groups excluding carboxylic acids is 1. The number of nitrogens with zero attached hydrogens (tertiary/aromatic N) is 3. The zero-order valence-electron chi connectivity index (χ0n) is 12.3. The molecule has 0 N–H and O–H groups in total. The van der Waals surface area contributed by atoms with Crippen molar-refractivity contribution in [2.24, 2.45) is 0 Å². The number of amides is 1. The van der Waals surface area contributed by atoms with Crippen molar-refractivity contribution in [3.8, 4) is 0 Å². The molecule has 0 fully saturated rings. The summed E-state index contributed by atoms with van der Waals surface area (Å²) in [7, 11) is 0. The van der Waals surface area contributed by atoms with Crippen LogP contribution in [0.1, 0.15) is 28.9 Å². The minimum absolute atomic E-state index is 0.0960. The number of rotatable bonds is 5. The van der Waals surface area contributed by atoms with Crippen LogP contribution in [0.2, 0.25) is 0 Å². The first-order valence-electron chi connectivity index (χ1n) is 6.83. The molecule has 2 aromatic rings. The van der Waals surface area contributed by atoms with E-state index in [9.17, 15) is 4.79 Å². The molecule has 112 valence electrons. The van der Waals surface area contributed by atoms with Crippen molar-refractivity contribution >= 4 is 34.5 Å². The van der Waals surface area contributed by atoms with Gasteiger partial charge < -0.3 is 4.90 Å². The molecule has 1 atom stereocenters. The number of benzene rings is 1. The third-order valence-corrected chi connectivity index (χ3v) is 4.48. The summed E-state index contributed by atoms with van der Waals surface area (Å²) in [6, 6.07) is 7.79. The molecule has 1 aromatic carbocycles. The van der Waals surface area contributed by atoms with Crippen LogP contribution < -0.4 is 4.90 Å². The van der Waals surface area contributed by atoms with Crippen LogP contribution in [0.3, 0.4) is 0 Å². The fourth-order valence-corrected chi connectivity index (χ4v) is 2.84. The second-order valence-corrected chi connectivity index (χ2v) is 6.59. The molecule has 0 saturated carbocycles. The topological polar surface area (TPSA) is 46.1 Å². The molecule has 0 saturated heterocycles. The van der Waals surface area contributed by atoms with E-state index >= 15 is 0 Å². The van der Waals surface area contributed by atoms with Crippen LogP contribution in [0.5, 0.6) is 0 Å². The van der Waals surface area contributed by atoms with Gasteiger partial charge in [0.2, 0.25) is 5.91 Å². The summed E-state index contributed by atoms with van der Waals surface area (Å²) >= 11 is 7.65. The van der Waals surface area contributed by atoms with Crippen LogP contribution in [0.25, 0.3) is 0 Å². The second-order valence-electron chi connectivity index (χ2n) is 4.80. The molecule has 2 rings (SSSR count). The van der Waals surface area contributed by atoms with E-state index in [-0.39, 0.29) is 5.91 Å². The highest BCUT2D eigenvalue weighted by atomic mass is 35.5. The number of carbonyl (C=O) groups is 1. The molecule has 1 aromatic heterocycles. The van der Waals surface area contributed by atoms with Crippen molar-refractivity contribution in [3.63, 3.8) is 0 Å². The molecule has 6 heteroatoms. The van der Waals surface area contributed by atoms with Gasteiger partial charge in [-0.25, -0.2) is 0 Å². The molecule has 21 heavy (non-hydrogen) atoms. The zero-order chi connectivity index (χ0) is 15.4. The van der Waals surface area contributed by atoms with Gasteiger partial charge in [-0.1, -0.05) is 36.5 Å². The number of alkyl halides is 1. The van der Waals surface area contributed by atoms with Gasteiger partial charge in [0, 0.05) is 5.69 Å². The Hall–Kier alpha value is -1.46. The fraction of sp³-hybridized carbons (Fsp3) is 0.400. The quantitative estimate of drug-likeness (QED) is 0.788. The van der Waals surface area contributed by atoms with E-state index in [0.717, 1.165) is 21.3 Å². The Kier molecular flexibility index (Phi) is 5.31. The summed E-state index contributed by atoms with van der Waals surface area (Å²) in [5, 5.41) is 9.29. The van der Waals surface area contributed by atoms with Gasteiger partial charge in [0.05, 0.1) is 6.54 Å². The van der Waals surface area contributed by atoms with Crippen molar-refractivity contribution < 1.29 is 4.79 Å². The van der Waals surface area contributed by atoms with E-state index in [4.69, 9.17) is 11.6 Å². The Labute approximate surface area is 133 Å². The van der Waals surface area contributed by atoms with Crippen LogP contribution in [-0.2, 0) is 11.3 Å². The number of hydrogen-bond donors (Lipinski definition) is 0. The van der Waals surface area contributed by atoms with Gasteiger partial charge in [-0.3, -0.25) is 4.79 Å². The molecular weight excluding hydrogens is 306 g/mol. The highest BCUT2D eigenvalue weighted by Crippen LogP contribution is 2.25. The zero-order valence-corrected chi connectivity index (χ0v) is 13.9. The molecular formula is C15H18ClN3OS. The van der Waals surface area contributed by atoms with E-state index in [0.29, 0.717) is 13.0 Å². The highest BCUT2D eigenvalue weighted by Gasteiger charge is 2.24. The van der Waals surface area contributed by atoms with E-state index < -0.39 is 5.38 Å². The fourth-order valence-electron chi connectivity index (χ4n) is 2.03. The minimum atomic E-state index is -0.529. The van der Waals surface area contributed by atoms with E-state index in [1.165, 1.54) is 11.3 Å². The Morgan fingerprint density at radius 2 is 2.05 bits per heavy atom. The number of halogens is 1. The van der Waals surface area contributed by atoms with Gasteiger partial charge in [0.25, 0.3) is 0 Å². The maximum absolute atomic E-state index is 12.6. The molecule has 0 spiro atoms. The molecule has 4 nitrogen and oxygen atoms in total. The monoisotopic (exact) mass is 323 g/mol. The van der Waals surface area contributed by atoms with Crippen molar-refractivity contribution in [1.29, 1.82) is 0 Å². The molecule has 1 heterocycles. The Morgan fingerprint density at radius 3 is 2.62 bits per heavy atom. The molecule has 0 radical (unpaired) electrons. The van der Waals surface area contributed by atoms with Crippen LogP contribution >= 0.6 is 22.9 Å². The number of aryl methyl sites for hydroxylation is 2. The second kappa shape index (κ2) is 7.00. The van der Waals surface area contributed by atoms with Crippen molar-refractivity contribution in [2.75, 3.05) is 4.90 Å². The van der Waals surface area contributed by atoms with Gasteiger partial charge in [-0.2, -0.15) is 0 Å². The number of anilines is 1. The molecule has 1 unspecified atom stereocenters. The Balaban J connectivity index is 2.35. The van der Waals surface area contributed by atoms with Gasteiger partial charge in [0.1, 0.15) is 15.4 Å². The summed E-state index contributed by atoms with van der Waals surface area (Å²) in [5.74, 6) is -0.0960. The molecule has 0 aliphatic carbocycles. The Morgan fingerprint density at radius 1 is 1.33 bits per heavy atom. The average Bonchev–Trinajstić information content (AvgIpc) is 2.89. The third kappa shape index (κ3) is 3.80. The SMILES string of the molecule is CCC(Cl)C(=O)N(Cc1nnc(C)s1)c1ccccc1C. The minimum Gasteiger partial charge on any atom is -0.304 e. The van der Waals surface area contributed by atoms with Gasteiger partial charge in [0.15, 0.2) is 0 Å². The van der Waals surface area contributed by atoms with E-state index in [1.807, 2.05) is 45.0 Å². The number of aromatic nitrogens is 2. The Bertz CT molecular complexity index is 629. The summed E-state index contributed by atoms with van der Waals surface area (Å²) < 4.78 is 0. The third-order valence-electron chi connectivity index (χ3n) is 3.16. The van der Waals surface area contributed by atoms with E-state index in [1.54, 1.807) is 4.90 Å². The lowest BCUT2D eigenvalue weighted by Crippen LogP contribution is -2.36. The maximum Gasteiger partial charge on any atom is 0.245 e. The van der Waals surface area contributed by atoms with Crippen LogP contribution in [-0.4, -0.2) is 21.5 Å². The lowest BCUT2D eigenvalue weighted by Gasteiger charge is -2.25. The van der Waals surface area contributed by atoms with Crippen LogP contribution in [0, 0.1) is 13.8 Å². The van der Waals surface area contributed by atoms with E-state index in [2.05, 4.69) is 10.2 Å². The first kappa shape index (κ1) is 15.9. The van der Waals surface area contributed by atoms with Crippen molar-refractivity contribution in [3.05, 3.63) is 39.8 Å². The van der Waals surface area contributed by atoms with Gasteiger partial charge >= 0.3 is 0 Å². The number of para-hydroxylation sites is 1. The predicted octanol–water partition coefficient (Wildman–Crippen LogP) is 3.71. The summed E-state index contributed by atoms with van der Waals surface area (Å²) in [5.41, 5.74) is 1.90. The first-order chi connectivity index (χ1) is 10.0. The van der Waals surface area contributed by atoms with Crippen molar-refractivity contribution in [2.45, 2.75) is 39.1 Å². The van der Waals surface area contributed by atoms with Gasteiger partial charge in [-0.05, 0) is 31.9 Å². The summed E-state index contributed by atoms with van der Waals surface area (Å²) in [4.78, 5) is 14.3. The average molecular weight is 324 g/mol. The lowest BCUT2D eigenvalue weighted by atomic mass is 10.1. The predicted molar refractivity (Wildman–Crippen MR) is 86.9 cm³/mol. The highest BCUT2D eigenvalue weighted by molar-refractivity contribution is 7.11. The first-order valence-corrected chi connectivity index (χ1v) is 8.08. The summed E-state index contributed by atoms with van der Waals surface area (Å²) in [6.45, 7) is 6.19. The van der Waals surface area contributed by atoms with Gasteiger partial charge in [-0.15, -0.1) is 21.8 Å². The number of hydrogen-bond acceptors (Lipinski definition) is 4. The molecule has 0 bridgehead atoms.